The molecular weight excluding hydrogens is 181 g/mol. The standard InChI is InChI=1S/C4H8O2.Ru/c1-2-3-4(5)6;/h2-3H2,1H3,(H,5,6);. The maximum absolute atomic E-state index is 9.60. The largest absolute Gasteiger partial charge is 0.481 e. The van der Waals surface area contributed by atoms with Crippen LogP contribution in [0.25, 0.3) is 0 Å². The van der Waals surface area contributed by atoms with Crippen LogP contribution >= 0.6 is 0 Å². The number of hydrogen-bond acceptors (Lipinski definition) is 1. The molecule has 0 amide bonds. The van der Waals surface area contributed by atoms with E-state index in [0.717, 1.165) is 6.42 Å². The molecule has 0 aromatic carbocycles. The quantitative estimate of drug-likeness (QED) is 0.654. The van der Waals surface area contributed by atoms with Crippen LogP contribution in [0.15, 0.2) is 0 Å². The average Bonchev–Trinajstić information content (AvgIpc) is 1.35. The maximum atomic E-state index is 9.60. The van der Waals surface area contributed by atoms with Crippen molar-refractivity contribution >= 4 is 5.97 Å². The van der Waals surface area contributed by atoms with Crippen molar-refractivity contribution in [3.05, 3.63) is 0 Å². The van der Waals surface area contributed by atoms with Gasteiger partial charge in [0.15, 0.2) is 0 Å². The van der Waals surface area contributed by atoms with Crippen LogP contribution in [-0.4, -0.2) is 11.1 Å². The van der Waals surface area contributed by atoms with Gasteiger partial charge in [0, 0.05) is 25.9 Å². The van der Waals surface area contributed by atoms with Gasteiger partial charge in [0.1, 0.15) is 0 Å². The zero-order valence-corrected chi connectivity index (χ0v) is 5.86. The van der Waals surface area contributed by atoms with Gasteiger partial charge < -0.3 is 5.11 Å². The molecule has 0 unspecified atom stereocenters. The van der Waals surface area contributed by atoms with Gasteiger partial charge in [-0.15, -0.1) is 0 Å². The molecule has 7 heavy (non-hydrogen) atoms. The van der Waals surface area contributed by atoms with E-state index in [1.807, 2.05) is 6.92 Å². The first-order chi connectivity index (χ1) is 2.77. The third-order valence-corrected chi connectivity index (χ3v) is 0.464. The van der Waals surface area contributed by atoms with Gasteiger partial charge >= 0.3 is 5.97 Å². The van der Waals surface area contributed by atoms with Crippen LogP contribution in [0.2, 0.25) is 0 Å². The minimum atomic E-state index is -0.711. The zero-order valence-electron chi connectivity index (χ0n) is 4.12. The Morgan fingerprint density at radius 2 is 2.14 bits per heavy atom. The van der Waals surface area contributed by atoms with E-state index in [2.05, 4.69) is 0 Å². The predicted molar refractivity (Wildman–Crippen MR) is 22.5 cm³/mol. The minimum absolute atomic E-state index is 0. The fraction of sp³-hybridized carbons (Fsp3) is 0.750. The number of carbonyl (C=O) groups is 1. The van der Waals surface area contributed by atoms with Crippen molar-refractivity contribution in [3.8, 4) is 0 Å². The molecule has 0 rings (SSSR count). The molecule has 1 N–H and O–H groups in total. The summed E-state index contributed by atoms with van der Waals surface area (Å²) in [6.07, 6.45) is 1.02. The van der Waals surface area contributed by atoms with Crippen LogP contribution in [0.5, 0.6) is 0 Å². The van der Waals surface area contributed by atoms with Gasteiger partial charge in [0.25, 0.3) is 0 Å². The molecule has 0 bridgehead atoms. The minimum Gasteiger partial charge on any atom is -0.481 e. The molecule has 3 heteroatoms. The van der Waals surface area contributed by atoms with Crippen molar-refractivity contribution in [3.63, 3.8) is 0 Å². The fourth-order valence-electron chi connectivity index (χ4n) is 0.214. The van der Waals surface area contributed by atoms with Crippen LogP contribution in [0.4, 0.5) is 0 Å². The van der Waals surface area contributed by atoms with E-state index in [4.69, 9.17) is 5.11 Å². The van der Waals surface area contributed by atoms with Gasteiger partial charge in [-0.05, 0) is 6.42 Å². The SMILES string of the molecule is CCCC(=O)O.[Ru]. The predicted octanol–water partition coefficient (Wildman–Crippen LogP) is 0.869. The van der Waals surface area contributed by atoms with Crippen molar-refractivity contribution in [2.45, 2.75) is 19.8 Å². The molecule has 2 nitrogen and oxygen atoms in total. The van der Waals surface area contributed by atoms with Gasteiger partial charge in [0.2, 0.25) is 0 Å². The summed E-state index contributed by atoms with van der Waals surface area (Å²) in [7, 11) is 0. The Morgan fingerprint density at radius 3 is 2.14 bits per heavy atom. The molecule has 0 saturated heterocycles. The molecule has 0 radical (unpaired) electrons. The average molecular weight is 189 g/mol. The summed E-state index contributed by atoms with van der Waals surface area (Å²) in [4.78, 5) is 9.60. The zero-order chi connectivity index (χ0) is 4.99. The van der Waals surface area contributed by atoms with Crippen molar-refractivity contribution in [2.24, 2.45) is 0 Å². The second-order valence-electron chi connectivity index (χ2n) is 1.14. The summed E-state index contributed by atoms with van der Waals surface area (Å²) in [5.74, 6) is -0.711. The van der Waals surface area contributed by atoms with Gasteiger partial charge in [0.05, 0.1) is 0 Å². The molecule has 0 aliphatic heterocycles. The smallest absolute Gasteiger partial charge is 0.303 e. The number of carboxylic acids is 1. The molecule has 0 aliphatic rings. The normalized spacial score (nSPS) is 7.00. The van der Waals surface area contributed by atoms with E-state index in [0.29, 0.717) is 6.42 Å². The van der Waals surface area contributed by atoms with Crippen LogP contribution in [-0.2, 0) is 24.3 Å². The van der Waals surface area contributed by atoms with Crippen LogP contribution in [0.1, 0.15) is 19.8 Å². The molecule has 0 fully saturated rings. The molecule has 0 aromatic heterocycles. The Bertz CT molecular complexity index is 53.7. The number of aliphatic carboxylic acids is 1. The van der Waals surface area contributed by atoms with Gasteiger partial charge in [-0.25, -0.2) is 0 Å². The molecule has 44 valence electrons. The van der Waals surface area contributed by atoms with Crippen LogP contribution in [0.3, 0.4) is 0 Å². The van der Waals surface area contributed by atoms with Crippen molar-refractivity contribution in [1.29, 1.82) is 0 Å². The topological polar surface area (TPSA) is 37.3 Å². The third-order valence-electron chi connectivity index (χ3n) is 0.464. The molecule has 0 aliphatic carbocycles. The number of hydrogen-bond donors (Lipinski definition) is 1. The van der Waals surface area contributed by atoms with Gasteiger partial charge in [-0.3, -0.25) is 4.79 Å². The first kappa shape index (κ1) is 10.2. The molecule has 0 saturated carbocycles. The van der Waals surface area contributed by atoms with E-state index < -0.39 is 5.97 Å². The second-order valence-corrected chi connectivity index (χ2v) is 1.14. The Morgan fingerprint density at radius 1 is 1.71 bits per heavy atom. The Kier molecular flexibility index (Phi) is 8.84. The van der Waals surface area contributed by atoms with E-state index in [9.17, 15) is 4.79 Å². The summed E-state index contributed by atoms with van der Waals surface area (Å²) in [6.45, 7) is 1.84. The molecule has 0 spiro atoms. The van der Waals surface area contributed by atoms with E-state index in [-0.39, 0.29) is 19.5 Å². The summed E-state index contributed by atoms with van der Waals surface area (Å²) < 4.78 is 0. The summed E-state index contributed by atoms with van der Waals surface area (Å²) >= 11 is 0. The molecule has 0 atom stereocenters. The van der Waals surface area contributed by atoms with E-state index in [1.54, 1.807) is 0 Å². The third kappa shape index (κ3) is 10.7. The first-order valence-corrected chi connectivity index (χ1v) is 1.99. The molecule has 0 heterocycles. The molecular formula is C4H8O2Ru. The monoisotopic (exact) mass is 190 g/mol. The van der Waals surface area contributed by atoms with Crippen LogP contribution in [0, 0.1) is 0 Å². The van der Waals surface area contributed by atoms with Crippen molar-refractivity contribution in [2.75, 3.05) is 0 Å². The van der Waals surface area contributed by atoms with Gasteiger partial charge in [-0.1, -0.05) is 6.92 Å². The summed E-state index contributed by atoms with van der Waals surface area (Å²) in [5.41, 5.74) is 0. The fourth-order valence-corrected chi connectivity index (χ4v) is 0.214. The van der Waals surface area contributed by atoms with Crippen LogP contribution < -0.4 is 0 Å². The number of rotatable bonds is 2. The summed E-state index contributed by atoms with van der Waals surface area (Å²) in [6, 6.07) is 0. The summed E-state index contributed by atoms with van der Waals surface area (Å²) in [5, 5.41) is 7.91. The van der Waals surface area contributed by atoms with Crippen molar-refractivity contribution in [1.82, 2.24) is 0 Å². The first-order valence-electron chi connectivity index (χ1n) is 1.99. The van der Waals surface area contributed by atoms with Crippen molar-refractivity contribution < 1.29 is 29.4 Å². The second kappa shape index (κ2) is 6.09. The Hall–Kier alpha value is 0.0934. The molecule has 0 aromatic rings. The Balaban J connectivity index is 0. The Labute approximate surface area is 55.7 Å². The maximum Gasteiger partial charge on any atom is 0.303 e. The number of carboxylic acid groups (broad SMARTS) is 1. The van der Waals surface area contributed by atoms with Gasteiger partial charge in [-0.2, -0.15) is 0 Å². The van der Waals surface area contributed by atoms with E-state index >= 15 is 0 Å². The van der Waals surface area contributed by atoms with E-state index in [1.165, 1.54) is 0 Å².